The summed E-state index contributed by atoms with van der Waals surface area (Å²) in [5.74, 6) is 0.150. The largest absolute Gasteiger partial charge is 0.401 e. The first-order chi connectivity index (χ1) is 13.7. The second-order valence-electron chi connectivity index (χ2n) is 7.88. The van der Waals surface area contributed by atoms with E-state index in [0.29, 0.717) is 41.3 Å². The number of rotatable bonds is 4. The molecule has 1 aliphatic rings. The van der Waals surface area contributed by atoms with E-state index >= 15 is 0 Å². The maximum Gasteiger partial charge on any atom is 0.401 e. The first-order valence-electron chi connectivity index (χ1n) is 9.59. The Hall–Kier alpha value is -2.62. The van der Waals surface area contributed by atoms with Crippen LogP contribution in [-0.4, -0.2) is 50.7 Å². The number of aromatic amines is 2. The van der Waals surface area contributed by atoms with Crippen molar-refractivity contribution in [1.82, 2.24) is 24.4 Å². The van der Waals surface area contributed by atoms with Crippen LogP contribution in [0.5, 0.6) is 0 Å². The Kier molecular flexibility index (Phi) is 4.97. The summed E-state index contributed by atoms with van der Waals surface area (Å²) in [6.45, 7) is -0.547. The number of nitrogens with zero attached hydrogens (tertiary/aromatic N) is 3. The van der Waals surface area contributed by atoms with Crippen molar-refractivity contribution in [2.24, 2.45) is 5.92 Å². The molecular weight excluding hydrogens is 387 g/mol. The number of hydrogen-bond donors (Lipinski definition) is 2. The zero-order valence-electron chi connectivity index (χ0n) is 15.9. The maximum atomic E-state index is 12.7. The zero-order valence-corrected chi connectivity index (χ0v) is 15.9. The quantitative estimate of drug-likeness (QED) is 0.694. The summed E-state index contributed by atoms with van der Waals surface area (Å²) in [5, 5.41) is 1.06. The maximum absolute atomic E-state index is 12.7. The standard InChI is InChI=1S/C19H22F3N5O2/c1-26(10-19(20,21)22)9-11-2-4-12(5-3-11)27-15-13-6-7-23-16(13)24-8-14(15)17(28)25-18(27)29/h6-8,11-12H,2-5,9-10H2,1H3,(H,23,24)(H,25,28,29). The van der Waals surface area contributed by atoms with E-state index in [1.807, 2.05) is 0 Å². The highest BCUT2D eigenvalue weighted by molar-refractivity contribution is 6.01. The third-order valence-corrected chi connectivity index (χ3v) is 5.68. The molecule has 7 nitrogen and oxygen atoms in total. The molecule has 4 rings (SSSR count). The minimum atomic E-state index is -4.20. The van der Waals surface area contributed by atoms with E-state index in [1.165, 1.54) is 18.1 Å². The first-order valence-corrected chi connectivity index (χ1v) is 9.59. The summed E-state index contributed by atoms with van der Waals surface area (Å²) in [5.41, 5.74) is 0.217. The SMILES string of the molecule is CN(CC1CCC(n2c(=O)[nH]c(=O)c3cnc4[nH]ccc4c32)CC1)CC(F)(F)F. The van der Waals surface area contributed by atoms with E-state index in [-0.39, 0.29) is 12.0 Å². The van der Waals surface area contributed by atoms with Gasteiger partial charge in [-0.15, -0.1) is 0 Å². The highest BCUT2D eigenvalue weighted by atomic mass is 19.4. The molecule has 0 amide bonds. The topological polar surface area (TPSA) is 86.8 Å². The second-order valence-corrected chi connectivity index (χ2v) is 7.88. The molecule has 3 aromatic heterocycles. The van der Waals surface area contributed by atoms with Crippen molar-refractivity contribution in [2.45, 2.75) is 37.9 Å². The van der Waals surface area contributed by atoms with Crippen molar-refractivity contribution >= 4 is 21.9 Å². The highest BCUT2D eigenvalue weighted by Crippen LogP contribution is 2.34. The minimum absolute atomic E-state index is 0.119. The van der Waals surface area contributed by atoms with Crippen molar-refractivity contribution in [3.8, 4) is 0 Å². The van der Waals surface area contributed by atoms with Crippen LogP contribution in [0.3, 0.4) is 0 Å². The molecule has 0 spiro atoms. The number of nitrogens with one attached hydrogen (secondary N) is 2. The summed E-state index contributed by atoms with van der Waals surface area (Å²) in [4.78, 5) is 35.9. The molecule has 1 fully saturated rings. The molecule has 0 radical (unpaired) electrons. The Labute approximate surface area is 163 Å². The number of H-pyrrole nitrogens is 2. The molecule has 0 aliphatic heterocycles. The van der Waals surface area contributed by atoms with Crippen LogP contribution >= 0.6 is 0 Å². The zero-order chi connectivity index (χ0) is 20.8. The van der Waals surface area contributed by atoms with Crippen molar-refractivity contribution in [2.75, 3.05) is 20.1 Å². The lowest BCUT2D eigenvalue weighted by Gasteiger charge is -2.32. The molecule has 0 unspecified atom stereocenters. The molecule has 0 aromatic carbocycles. The molecule has 0 atom stereocenters. The number of halogens is 3. The van der Waals surface area contributed by atoms with Crippen LogP contribution in [0.15, 0.2) is 28.0 Å². The van der Waals surface area contributed by atoms with E-state index in [1.54, 1.807) is 16.8 Å². The molecular formula is C19H22F3N5O2. The van der Waals surface area contributed by atoms with E-state index < -0.39 is 24.0 Å². The summed E-state index contributed by atoms with van der Waals surface area (Å²) >= 11 is 0. The number of fused-ring (bicyclic) bond motifs is 3. The second kappa shape index (κ2) is 7.33. The van der Waals surface area contributed by atoms with Gasteiger partial charge in [0.15, 0.2) is 0 Å². The lowest BCUT2D eigenvalue weighted by Crippen LogP contribution is -2.37. The molecule has 156 valence electrons. The van der Waals surface area contributed by atoms with E-state index in [4.69, 9.17) is 0 Å². The van der Waals surface area contributed by atoms with Gasteiger partial charge < -0.3 is 4.98 Å². The third kappa shape index (κ3) is 3.93. The van der Waals surface area contributed by atoms with Gasteiger partial charge in [-0.2, -0.15) is 13.2 Å². The predicted molar refractivity (Wildman–Crippen MR) is 103 cm³/mol. The number of pyridine rings is 1. The molecule has 1 aliphatic carbocycles. The van der Waals surface area contributed by atoms with Gasteiger partial charge in [-0.3, -0.25) is 19.2 Å². The summed E-state index contributed by atoms with van der Waals surface area (Å²) in [6, 6.07) is 1.67. The Morgan fingerprint density at radius 2 is 1.93 bits per heavy atom. The van der Waals surface area contributed by atoms with E-state index in [9.17, 15) is 22.8 Å². The smallest absolute Gasteiger partial charge is 0.346 e. The van der Waals surface area contributed by atoms with Crippen molar-refractivity contribution in [1.29, 1.82) is 0 Å². The fourth-order valence-corrected chi connectivity index (χ4v) is 4.49. The molecule has 3 heterocycles. The van der Waals surface area contributed by atoms with Gasteiger partial charge in [0.25, 0.3) is 5.56 Å². The monoisotopic (exact) mass is 409 g/mol. The normalized spacial score (nSPS) is 20.7. The van der Waals surface area contributed by atoms with Gasteiger partial charge >= 0.3 is 11.9 Å². The van der Waals surface area contributed by atoms with Crippen molar-refractivity contribution < 1.29 is 13.2 Å². The van der Waals surface area contributed by atoms with Crippen molar-refractivity contribution in [3.05, 3.63) is 39.3 Å². The van der Waals surface area contributed by atoms with Gasteiger partial charge in [0.05, 0.1) is 17.4 Å². The van der Waals surface area contributed by atoms with Crippen LogP contribution in [0.4, 0.5) is 13.2 Å². The fraction of sp³-hybridized carbons (Fsp3) is 0.526. The molecule has 29 heavy (non-hydrogen) atoms. The molecule has 0 bridgehead atoms. The Morgan fingerprint density at radius 3 is 2.62 bits per heavy atom. The molecule has 1 saturated carbocycles. The van der Waals surface area contributed by atoms with Gasteiger partial charge in [0.1, 0.15) is 5.65 Å². The van der Waals surface area contributed by atoms with Crippen LogP contribution in [-0.2, 0) is 0 Å². The van der Waals surface area contributed by atoms with E-state index in [2.05, 4.69) is 15.0 Å². The van der Waals surface area contributed by atoms with Crippen LogP contribution < -0.4 is 11.2 Å². The Morgan fingerprint density at radius 1 is 1.21 bits per heavy atom. The molecule has 3 aromatic rings. The number of hydrogen-bond acceptors (Lipinski definition) is 4. The average Bonchev–Trinajstić information content (AvgIpc) is 3.10. The van der Waals surface area contributed by atoms with Gasteiger partial charge in [0, 0.05) is 30.4 Å². The highest BCUT2D eigenvalue weighted by Gasteiger charge is 2.31. The fourth-order valence-electron chi connectivity index (χ4n) is 4.49. The first kappa shape index (κ1) is 19.7. The van der Waals surface area contributed by atoms with Gasteiger partial charge in [-0.1, -0.05) is 0 Å². The Balaban J connectivity index is 1.60. The van der Waals surface area contributed by atoms with Gasteiger partial charge in [-0.05, 0) is 44.7 Å². The third-order valence-electron chi connectivity index (χ3n) is 5.68. The molecule has 0 saturated heterocycles. The lowest BCUT2D eigenvalue weighted by atomic mass is 9.85. The number of aromatic nitrogens is 4. The predicted octanol–water partition coefficient (Wildman–Crippen LogP) is 2.79. The summed E-state index contributed by atoms with van der Waals surface area (Å²) in [6.07, 6.45) is 1.74. The van der Waals surface area contributed by atoms with Crippen LogP contribution in [0, 0.1) is 5.92 Å². The number of alkyl halides is 3. The Bertz CT molecular complexity index is 1140. The average molecular weight is 409 g/mol. The minimum Gasteiger partial charge on any atom is -0.346 e. The van der Waals surface area contributed by atoms with Gasteiger partial charge in [-0.25, -0.2) is 9.78 Å². The molecule has 10 heteroatoms. The van der Waals surface area contributed by atoms with Crippen LogP contribution in [0.2, 0.25) is 0 Å². The summed E-state index contributed by atoms with van der Waals surface area (Å²) < 4.78 is 39.3. The molecule has 2 N–H and O–H groups in total. The van der Waals surface area contributed by atoms with Crippen LogP contribution in [0.1, 0.15) is 31.7 Å². The van der Waals surface area contributed by atoms with Crippen LogP contribution in [0.25, 0.3) is 21.9 Å². The lowest BCUT2D eigenvalue weighted by molar-refractivity contribution is -0.144. The summed E-state index contributed by atoms with van der Waals surface area (Å²) in [7, 11) is 1.48. The van der Waals surface area contributed by atoms with E-state index in [0.717, 1.165) is 12.8 Å². The van der Waals surface area contributed by atoms with Gasteiger partial charge in [0.2, 0.25) is 0 Å². The van der Waals surface area contributed by atoms with Crippen molar-refractivity contribution in [3.63, 3.8) is 0 Å².